The number of hydrogen-bond acceptors (Lipinski definition) is 4. The van der Waals surface area contributed by atoms with E-state index in [1.165, 1.54) is 0 Å². The number of rotatable bonds is 9. The van der Waals surface area contributed by atoms with Crippen LogP contribution in [0.3, 0.4) is 0 Å². The topological polar surface area (TPSA) is 32.3 Å². The van der Waals surface area contributed by atoms with Crippen LogP contribution in [0.1, 0.15) is 0 Å². The van der Waals surface area contributed by atoms with Gasteiger partial charge < -0.3 is 9.80 Å². The zero-order valence-corrected chi connectivity index (χ0v) is 30.5. The van der Waals surface area contributed by atoms with Gasteiger partial charge >= 0.3 is 0 Å². The summed E-state index contributed by atoms with van der Waals surface area (Å²) >= 11 is 0. The Morgan fingerprint density at radius 1 is 0.291 bits per heavy atom. The van der Waals surface area contributed by atoms with Gasteiger partial charge in [0.2, 0.25) is 0 Å². The van der Waals surface area contributed by atoms with Crippen molar-refractivity contribution >= 4 is 39.5 Å². The van der Waals surface area contributed by atoms with E-state index in [4.69, 9.17) is 9.97 Å². The van der Waals surface area contributed by atoms with Crippen LogP contribution in [0.4, 0.5) is 28.4 Å². The van der Waals surface area contributed by atoms with Crippen LogP contribution >= 0.6 is 0 Å². The van der Waals surface area contributed by atoms with Crippen LogP contribution in [0.15, 0.2) is 212 Å². The predicted molar refractivity (Wildman–Crippen MR) is 230 cm³/mol. The molecule has 0 atom stereocenters. The highest BCUT2D eigenvalue weighted by Gasteiger charge is 2.20. The molecule has 0 aliphatic heterocycles. The SMILES string of the molecule is CN(c1ccccc1)c1ccc(N(c2ccccc2)c2ccc(-c3nc4c(-c5ccccc5)ccc(-c5ccccc5)c4nc3-c3ccccc3)cc2)cc1. The van der Waals surface area contributed by atoms with Crippen molar-refractivity contribution in [1.29, 1.82) is 0 Å². The molecule has 262 valence electrons. The maximum atomic E-state index is 5.55. The lowest BCUT2D eigenvalue weighted by Crippen LogP contribution is -2.11. The molecule has 0 bridgehead atoms. The summed E-state index contributed by atoms with van der Waals surface area (Å²) in [4.78, 5) is 15.5. The van der Waals surface area contributed by atoms with Crippen molar-refractivity contribution in [1.82, 2.24) is 9.97 Å². The van der Waals surface area contributed by atoms with Gasteiger partial charge in [-0.05, 0) is 71.8 Å². The van der Waals surface area contributed by atoms with Crippen molar-refractivity contribution in [3.63, 3.8) is 0 Å². The molecule has 8 aromatic carbocycles. The third kappa shape index (κ3) is 6.74. The zero-order chi connectivity index (χ0) is 37.0. The summed E-state index contributed by atoms with van der Waals surface area (Å²) in [5.41, 5.74) is 15.2. The number of fused-ring (bicyclic) bond motifs is 1. The molecule has 0 fully saturated rings. The summed E-state index contributed by atoms with van der Waals surface area (Å²) in [5.74, 6) is 0. The van der Waals surface area contributed by atoms with Crippen LogP contribution in [-0.4, -0.2) is 17.0 Å². The molecule has 0 spiro atoms. The maximum Gasteiger partial charge on any atom is 0.0979 e. The standard InChI is InChI=1S/C51H38N4/c1-54(41-23-13-5-14-24-41)42-31-33-45(34-32-42)55(43-25-15-6-16-26-43)44-29-27-40(28-30-44)49-48(39-21-11-4-12-22-39)52-50-46(37-17-7-2-8-18-37)35-36-47(51(50)53-49)38-19-9-3-10-20-38/h2-36H,1H3. The second-order valence-electron chi connectivity index (χ2n) is 13.5. The van der Waals surface area contributed by atoms with E-state index in [1.807, 2.05) is 24.3 Å². The second kappa shape index (κ2) is 15.0. The molecule has 0 radical (unpaired) electrons. The number of anilines is 5. The molecule has 1 aromatic heterocycles. The third-order valence-corrected chi connectivity index (χ3v) is 10.1. The third-order valence-electron chi connectivity index (χ3n) is 10.1. The molecule has 9 aromatic rings. The highest BCUT2D eigenvalue weighted by Crippen LogP contribution is 2.41. The van der Waals surface area contributed by atoms with Crippen LogP contribution in [0.2, 0.25) is 0 Å². The van der Waals surface area contributed by atoms with Gasteiger partial charge in [-0.3, -0.25) is 0 Å². The largest absolute Gasteiger partial charge is 0.345 e. The number of benzene rings is 8. The average molecular weight is 707 g/mol. The summed E-state index contributed by atoms with van der Waals surface area (Å²) in [6.45, 7) is 0. The lowest BCUT2D eigenvalue weighted by molar-refractivity contribution is 1.20. The lowest BCUT2D eigenvalue weighted by Gasteiger charge is -2.27. The molecule has 0 aliphatic rings. The van der Waals surface area contributed by atoms with E-state index in [2.05, 4.69) is 205 Å². The van der Waals surface area contributed by atoms with Crippen molar-refractivity contribution < 1.29 is 0 Å². The predicted octanol–water partition coefficient (Wildman–Crippen LogP) is 13.5. The van der Waals surface area contributed by atoms with E-state index in [0.717, 1.165) is 84.2 Å². The highest BCUT2D eigenvalue weighted by atomic mass is 15.1. The van der Waals surface area contributed by atoms with Gasteiger partial charge in [-0.25, -0.2) is 9.97 Å². The molecular formula is C51H38N4. The molecule has 1 heterocycles. The molecule has 4 nitrogen and oxygen atoms in total. The Bertz CT molecular complexity index is 2670. The lowest BCUT2D eigenvalue weighted by atomic mass is 9.96. The molecular weight excluding hydrogens is 669 g/mol. The summed E-state index contributed by atoms with van der Waals surface area (Å²) < 4.78 is 0. The van der Waals surface area contributed by atoms with Crippen molar-refractivity contribution in [2.75, 3.05) is 16.8 Å². The zero-order valence-electron chi connectivity index (χ0n) is 30.5. The monoisotopic (exact) mass is 706 g/mol. The fourth-order valence-electron chi connectivity index (χ4n) is 7.25. The van der Waals surface area contributed by atoms with Crippen molar-refractivity contribution in [2.24, 2.45) is 0 Å². The highest BCUT2D eigenvalue weighted by molar-refractivity contribution is 6.03. The number of nitrogens with zero attached hydrogens (tertiary/aromatic N) is 4. The van der Waals surface area contributed by atoms with Crippen molar-refractivity contribution in [2.45, 2.75) is 0 Å². The molecule has 0 saturated heterocycles. The Balaban J connectivity index is 1.18. The Hall–Kier alpha value is -7.30. The van der Waals surface area contributed by atoms with E-state index in [-0.39, 0.29) is 0 Å². The van der Waals surface area contributed by atoms with Gasteiger partial charge in [-0.15, -0.1) is 0 Å². The van der Waals surface area contributed by atoms with Gasteiger partial charge in [0, 0.05) is 57.7 Å². The van der Waals surface area contributed by atoms with E-state index >= 15 is 0 Å². The number of aromatic nitrogens is 2. The molecule has 0 aliphatic carbocycles. The molecule has 4 heteroatoms. The molecule has 0 unspecified atom stereocenters. The minimum absolute atomic E-state index is 0.840. The van der Waals surface area contributed by atoms with E-state index in [0.29, 0.717) is 0 Å². The maximum absolute atomic E-state index is 5.55. The Labute approximate surface area is 322 Å². The summed E-state index contributed by atoms with van der Waals surface area (Å²) in [6.07, 6.45) is 0. The van der Waals surface area contributed by atoms with Gasteiger partial charge in [-0.2, -0.15) is 0 Å². The summed E-state index contributed by atoms with van der Waals surface area (Å²) in [6, 6.07) is 74.1. The first-order valence-electron chi connectivity index (χ1n) is 18.6. The van der Waals surface area contributed by atoms with Crippen LogP contribution in [-0.2, 0) is 0 Å². The summed E-state index contributed by atoms with van der Waals surface area (Å²) in [7, 11) is 2.10. The Morgan fingerprint density at radius 3 is 1.05 bits per heavy atom. The van der Waals surface area contributed by atoms with E-state index < -0.39 is 0 Å². The molecule has 0 saturated carbocycles. The van der Waals surface area contributed by atoms with Gasteiger partial charge in [0.1, 0.15) is 0 Å². The first kappa shape index (κ1) is 33.5. The molecule has 0 N–H and O–H groups in total. The number of hydrogen-bond donors (Lipinski definition) is 0. The smallest absolute Gasteiger partial charge is 0.0979 e. The second-order valence-corrected chi connectivity index (χ2v) is 13.5. The van der Waals surface area contributed by atoms with E-state index in [9.17, 15) is 0 Å². The minimum Gasteiger partial charge on any atom is -0.345 e. The minimum atomic E-state index is 0.840. The Kier molecular flexibility index (Phi) is 9.13. The van der Waals surface area contributed by atoms with Crippen molar-refractivity contribution in [3.8, 4) is 44.8 Å². The quantitative estimate of drug-likeness (QED) is 0.150. The van der Waals surface area contributed by atoms with Gasteiger partial charge in [0.15, 0.2) is 0 Å². The molecule has 55 heavy (non-hydrogen) atoms. The van der Waals surface area contributed by atoms with Crippen LogP contribution in [0.25, 0.3) is 55.8 Å². The van der Waals surface area contributed by atoms with Gasteiger partial charge in [0.05, 0.1) is 22.4 Å². The molecule has 9 rings (SSSR count). The first-order valence-corrected chi connectivity index (χ1v) is 18.6. The van der Waals surface area contributed by atoms with Crippen molar-refractivity contribution in [3.05, 3.63) is 212 Å². The average Bonchev–Trinajstić information content (AvgIpc) is 3.27. The fourth-order valence-corrected chi connectivity index (χ4v) is 7.25. The normalized spacial score (nSPS) is 11.0. The number of para-hydroxylation sites is 2. The Morgan fingerprint density at radius 2 is 0.600 bits per heavy atom. The van der Waals surface area contributed by atoms with Crippen LogP contribution in [0.5, 0.6) is 0 Å². The summed E-state index contributed by atoms with van der Waals surface area (Å²) in [5, 5.41) is 0. The molecule has 0 amide bonds. The van der Waals surface area contributed by atoms with Gasteiger partial charge in [0.25, 0.3) is 0 Å². The fraction of sp³-hybridized carbons (Fsp3) is 0.0196. The van der Waals surface area contributed by atoms with Gasteiger partial charge in [-0.1, -0.05) is 152 Å². The van der Waals surface area contributed by atoms with Crippen LogP contribution < -0.4 is 9.80 Å². The first-order chi connectivity index (χ1) is 27.2. The van der Waals surface area contributed by atoms with Crippen LogP contribution in [0, 0.1) is 0 Å². The van der Waals surface area contributed by atoms with E-state index in [1.54, 1.807) is 0 Å².